The van der Waals surface area contributed by atoms with Crippen molar-refractivity contribution >= 4 is 39.7 Å². The standard InChI is InChI=1S/C16H20N2O2S2/c1-2-20-15(19)12-6-5-9-17(10-12)11-18-13-7-3-4-8-14(13)22-16(18)21/h3-4,7-8,12H,2,5-6,9-11H2,1H3/p+1/t12-/m0/s1. The third-order valence-electron chi connectivity index (χ3n) is 4.19. The molecule has 1 aromatic heterocycles. The van der Waals surface area contributed by atoms with Crippen LogP contribution in [0.5, 0.6) is 0 Å². The highest BCUT2D eigenvalue weighted by Gasteiger charge is 2.30. The monoisotopic (exact) mass is 337 g/mol. The number of para-hydroxylation sites is 1. The summed E-state index contributed by atoms with van der Waals surface area (Å²) in [5.41, 5.74) is 1.20. The van der Waals surface area contributed by atoms with E-state index in [2.05, 4.69) is 16.7 Å². The van der Waals surface area contributed by atoms with Crippen LogP contribution in [0.4, 0.5) is 0 Å². The van der Waals surface area contributed by atoms with Crippen molar-refractivity contribution in [1.82, 2.24) is 4.57 Å². The lowest BCUT2D eigenvalue weighted by Gasteiger charge is -2.28. The summed E-state index contributed by atoms with van der Waals surface area (Å²) in [5, 5.41) is 0. The minimum atomic E-state index is -0.0431. The molecule has 4 nitrogen and oxygen atoms in total. The number of rotatable bonds is 4. The highest BCUT2D eigenvalue weighted by Crippen LogP contribution is 2.22. The van der Waals surface area contributed by atoms with Crippen molar-refractivity contribution < 1.29 is 14.4 Å². The van der Waals surface area contributed by atoms with Gasteiger partial charge in [-0.05, 0) is 44.1 Å². The number of nitrogens with zero attached hydrogens (tertiary/aromatic N) is 1. The summed E-state index contributed by atoms with van der Waals surface area (Å²) >= 11 is 7.18. The molecule has 0 saturated carbocycles. The highest BCUT2D eigenvalue weighted by molar-refractivity contribution is 7.73. The molecule has 1 saturated heterocycles. The number of ether oxygens (including phenoxy) is 1. The van der Waals surface area contributed by atoms with Crippen LogP contribution in [0.25, 0.3) is 10.2 Å². The molecule has 2 atom stereocenters. The first-order valence-corrected chi connectivity index (χ1v) is 9.00. The fourth-order valence-electron chi connectivity index (χ4n) is 3.14. The van der Waals surface area contributed by atoms with Gasteiger partial charge in [-0.2, -0.15) is 0 Å². The summed E-state index contributed by atoms with van der Waals surface area (Å²) in [6.07, 6.45) is 2.01. The fourth-order valence-corrected chi connectivity index (χ4v) is 4.47. The number of benzene rings is 1. The molecule has 1 aromatic carbocycles. The van der Waals surface area contributed by atoms with E-state index in [4.69, 9.17) is 17.0 Å². The van der Waals surface area contributed by atoms with E-state index in [0.29, 0.717) is 6.61 Å². The smallest absolute Gasteiger partial charge is 0.314 e. The van der Waals surface area contributed by atoms with Crippen molar-refractivity contribution in [3.05, 3.63) is 28.2 Å². The summed E-state index contributed by atoms with van der Waals surface area (Å²) in [4.78, 5) is 13.4. The number of quaternary nitrogens is 1. The van der Waals surface area contributed by atoms with Gasteiger partial charge in [0.2, 0.25) is 0 Å². The van der Waals surface area contributed by atoms with Gasteiger partial charge >= 0.3 is 5.97 Å². The zero-order valence-electron chi connectivity index (χ0n) is 12.7. The molecule has 1 aliphatic heterocycles. The zero-order chi connectivity index (χ0) is 15.5. The quantitative estimate of drug-likeness (QED) is 0.687. The lowest BCUT2D eigenvalue weighted by molar-refractivity contribution is -0.929. The molecule has 1 N–H and O–H groups in total. The maximum atomic E-state index is 12.0. The molecule has 22 heavy (non-hydrogen) atoms. The third kappa shape index (κ3) is 3.24. The summed E-state index contributed by atoms with van der Waals surface area (Å²) in [6, 6.07) is 8.32. The summed E-state index contributed by atoms with van der Waals surface area (Å²) in [7, 11) is 0. The Balaban J connectivity index is 1.76. The van der Waals surface area contributed by atoms with Crippen molar-refractivity contribution in [2.75, 3.05) is 19.7 Å². The van der Waals surface area contributed by atoms with Gasteiger partial charge in [0.25, 0.3) is 0 Å². The molecule has 1 fully saturated rings. The van der Waals surface area contributed by atoms with E-state index >= 15 is 0 Å². The van der Waals surface area contributed by atoms with Gasteiger partial charge in [0.15, 0.2) is 10.6 Å². The first kappa shape index (κ1) is 15.6. The Morgan fingerprint density at radius 2 is 2.32 bits per heavy atom. The lowest BCUT2D eigenvalue weighted by Crippen LogP contribution is -3.13. The summed E-state index contributed by atoms with van der Waals surface area (Å²) < 4.78 is 9.52. The molecular weight excluding hydrogens is 316 g/mol. The van der Waals surface area contributed by atoms with Crippen LogP contribution in [0.15, 0.2) is 24.3 Å². The molecule has 6 heteroatoms. The van der Waals surface area contributed by atoms with Crippen LogP contribution in [0.2, 0.25) is 0 Å². The number of hydrogen-bond acceptors (Lipinski definition) is 4. The maximum Gasteiger partial charge on any atom is 0.314 e. The van der Waals surface area contributed by atoms with Crippen molar-refractivity contribution in [3.8, 4) is 0 Å². The van der Waals surface area contributed by atoms with Gasteiger partial charge in [-0.1, -0.05) is 12.1 Å². The van der Waals surface area contributed by atoms with Gasteiger partial charge in [0.1, 0.15) is 5.92 Å². The Bertz CT molecular complexity index is 722. The van der Waals surface area contributed by atoms with E-state index in [1.807, 2.05) is 19.1 Å². The second kappa shape index (κ2) is 6.89. The molecule has 2 aromatic rings. The molecule has 3 rings (SSSR count). The SMILES string of the molecule is CCOC(=O)[C@H]1CCC[NH+](Cn2c(=S)sc3ccccc32)C1. The van der Waals surface area contributed by atoms with E-state index < -0.39 is 0 Å². The van der Waals surface area contributed by atoms with Gasteiger partial charge in [0, 0.05) is 0 Å². The molecule has 2 heterocycles. The maximum absolute atomic E-state index is 12.0. The number of aromatic nitrogens is 1. The largest absolute Gasteiger partial charge is 0.466 e. The first-order valence-electron chi connectivity index (χ1n) is 7.77. The number of thiazole rings is 1. The molecule has 118 valence electrons. The van der Waals surface area contributed by atoms with Crippen molar-refractivity contribution in [2.24, 2.45) is 5.92 Å². The fraction of sp³-hybridized carbons (Fsp3) is 0.500. The molecule has 0 aliphatic carbocycles. The predicted molar refractivity (Wildman–Crippen MR) is 90.7 cm³/mol. The van der Waals surface area contributed by atoms with E-state index in [1.54, 1.807) is 11.3 Å². The Hall–Kier alpha value is -1.24. The average molecular weight is 337 g/mol. The van der Waals surface area contributed by atoms with Crippen LogP contribution in [0.1, 0.15) is 19.8 Å². The van der Waals surface area contributed by atoms with Crippen LogP contribution < -0.4 is 4.90 Å². The topological polar surface area (TPSA) is 35.7 Å². The van der Waals surface area contributed by atoms with Crippen molar-refractivity contribution in [1.29, 1.82) is 0 Å². The van der Waals surface area contributed by atoms with Gasteiger partial charge in [0.05, 0.1) is 29.9 Å². The predicted octanol–water partition coefficient (Wildman–Crippen LogP) is 2.25. The van der Waals surface area contributed by atoms with Crippen molar-refractivity contribution in [3.63, 3.8) is 0 Å². The number of esters is 1. The second-order valence-corrected chi connectivity index (χ2v) is 7.39. The zero-order valence-corrected chi connectivity index (χ0v) is 14.3. The van der Waals surface area contributed by atoms with Gasteiger partial charge in [-0.25, -0.2) is 0 Å². The summed E-state index contributed by atoms with van der Waals surface area (Å²) in [6.45, 7) is 5.08. The van der Waals surface area contributed by atoms with E-state index in [9.17, 15) is 4.79 Å². The first-order chi connectivity index (χ1) is 10.7. The van der Waals surface area contributed by atoms with Crippen LogP contribution >= 0.6 is 23.6 Å². The van der Waals surface area contributed by atoms with Gasteiger partial charge in [-0.15, -0.1) is 11.3 Å². The van der Waals surface area contributed by atoms with E-state index in [0.717, 1.165) is 36.6 Å². The molecule has 0 amide bonds. The number of hydrogen-bond donors (Lipinski definition) is 1. The number of likely N-dealkylation sites (tertiary alicyclic amines) is 1. The molecule has 0 spiro atoms. The number of piperidine rings is 1. The average Bonchev–Trinajstić information content (AvgIpc) is 2.84. The molecule has 1 aliphatic rings. The molecule has 0 bridgehead atoms. The number of carbonyl (C=O) groups is 1. The Morgan fingerprint density at radius 3 is 3.14 bits per heavy atom. The Kier molecular flexibility index (Phi) is 4.90. The van der Waals surface area contributed by atoms with Crippen LogP contribution in [-0.2, 0) is 16.2 Å². The van der Waals surface area contributed by atoms with Crippen molar-refractivity contribution in [2.45, 2.75) is 26.4 Å². The lowest BCUT2D eigenvalue weighted by atomic mass is 9.98. The highest BCUT2D eigenvalue weighted by atomic mass is 32.1. The van der Waals surface area contributed by atoms with Crippen LogP contribution in [-0.4, -0.2) is 30.2 Å². The Morgan fingerprint density at radius 1 is 1.50 bits per heavy atom. The number of nitrogens with one attached hydrogen (secondary N) is 1. The van der Waals surface area contributed by atoms with E-state index in [1.165, 1.54) is 15.1 Å². The third-order valence-corrected chi connectivity index (χ3v) is 5.62. The summed E-state index contributed by atoms with van der Waals surface area (Å²) in [5.74, 6) is -0.0127. The van der Waals surface area contributed by atoms with Crippen LogP contribution in [0.3, 0.4) is 0 Å². The number of carbonyl (C=O) groups excluding carboxylic acids is 1. The Labute approximate surface area is 139 Å². The molecule has 0 radical (unpaired) electrons. The molecule has 1 unspecified atom stereocenters. The van der Waals surface area contributed by atoms with Gasteiger partial charge in [-0.3, -0.25) is 9.36 Å². The van der Waals surface area contributed by atoms with E-state index in [-0.39, 0.29) is 11.9 Å². The second-order valence-electron chi connectivity index (χ2n) is 5.72. The molecular formula is C16H21N2O2S2+. The minimum absolute atomic E-state index is 0.0303. The van der Waals surface area contributed by atoms with Crippen LogP contribution in [0, 0.1) is 9.87 Å². The minimum Gasteiger partial charge on any atom is -0.466 e. The number of fused-ring (bicyclic) bond motifs is 1. The van der Waals surface area contributed by atoms with Gasteiger partial charge < -0.3 is 9.64 Å². The normalized spacial score (nSPS) is 21.9.